The van der Waals surface area contributed by atoms with Crippen molar-refractivity contribution in [2.75, 3.05) is 6.54 Å². The Bertz CT molecular complexity index is 549. The molecule has 112 valence electrons. The number of benzene rings is 1. The number of aryl methyl sites for hydroxylation is 2. The van der Waals surface area contributed by atoms with E-state index in [4.69, 9.17) is 0 Å². The lowest BCUT2D eigenvalue weighted by molar-refractivity contribution is 0.504. The average Bonchev–Trinajstić information content (AvgIpc) is 2.49. The van der Waals surface area contributed by atoms with Crippen molar-refractivity contribution < 1.29 is 0 Å². The molecule has 21 heavy (non-hydrogen) atoms. The third kappa shape index (κ3) is 4.98. The summed E-state index contributed by atoms with van der Waals surface area (Å²) >= 11 is 0. The van der Waals surface area contributed by atoms with Gasteiger partial charge in [-0.3, -0.25) is 4.98 Å². The highest BCUT2D eigenvalue weighted by atomic mass is 14.9. The average molecular weight is 282 g/mol. The SMILES string of the molecule is CCCNC(Cc1ccncc1)Cc1cc(C)ccc1C. The first-order valence-corrected chi connectivity index (χ1v) is 7.87. The Morgan fingerprint density at radius 2 is 1.81 bits per heavy atom. The van der Waals surface area contributed by atoms with E-state index in [1.165, 1.54) is 28.7 Å². The molecule has 0 spiro atoms. The predicted octanol–water partition coefficient (Wildman–Crippen LogP) is 3.85. The van der Waals surface area contributed by atoms with Crippen molar-refractivity contribution in [1.82, 2.24) is 10.3 Å². The number of hydrogen-bond acceptors (Lipinski definition) is 2. The molecule has 1 N–H and O–H groups in total. The Hall–Kier alpha value is -1.67. The second kappa shape index (κ2) is 7.94. The van der Waals surface area contributed by atoms with Gasteiger partial charge >= 0.3 is 0 Å². The second-order valence-corrected chi connectivity index (χ2v) is 5.84. The molecule has 0 radical (unpaired) electrons. The molecule has 0 aliphatic carbocycles. The van der Waals surface area contributed by atoms with Gasteiger partial charge in [0.2, 0.25) is 0 Å². The first-order valence-electron chi connectivity index (χ1n) is 7.87. The number of aromatic nitrogens is 1. The summed E-state index contributed by atoms with van der Waals surface area (Å²) < 4.78 is 0. The maximum Gasteiger partial charge on any atom is 0.0270 e. The molecule has 1 atom stereocenters. The molecular weight excluding hydrogens is 256 g/mol. The van der Waals surface area contributed by atoms with Crippen LogP contribution in [0.15, 0.2) is 42.7 Å². The monoisotopic (exact) mass is 282 g/mol. The molecule has 0 amide bonds. The topological polar surface area (TPSA) is 24.9 Å². The predicted molar refractivity (Wildman–Crippen MR) is 89.6 cm³/mol. The normalized spacial score (nSPS) is 12.3. The smallest absolute Gasteiger partial charge is 0.0270 e. The minimum Gasteiger partial charge on any atom is -0.313 e. The van der Waals surface area contributed by atoms with Crippen LogP contribution in [0.5, 0.6) is 0 Å². The lowest BCUT2D eigenvalue weighted by Crippen LogP contribution is -2.34. The molecule has 2 aromatic rings. The van der Waals surface area contributed by atoms with Gasteiger partial charge in [0.15, 0.2) is 0 Å². The molecule has 1 unspecified atom stereocenters. The summed E-state index contributed by atoms with van der Waals surface area (Å²) in [7, 11) is 0. The highest BCUT2D eigenvalue weighted by Gasteiger charge is 2.11. The van der Waals surface area contributed by atoms with Crippen molar-refractivity contribution >= 4 is 0 Å². The molecule has 0 bridgehead atoms. The van der Waals surface area contributed by atoms with Crippen molar-refractivity contribution in [2.24, 2.45) is 0 Å². The van der Waals surface area contributed by atoms with Crippen LogP contribution in [0.1, 0.15) is 35.6 Å². The van der Waals surface area contributed by atoms with Gasteiger partial charge in [0.1, 0.15) is 0 Å². The van der Waals surface area contributed by atoms with Crippen molar-refractivity contribution in [2.45, 2.75) is 46.1 Å². The molecule has 2 nitrogen and oxygen atoms in total. The Morgan fingerprint density at radius 1 is 1.05 bits per heavy atom. The van der Waals surface area contributed by atoms with Crippen LogP contribution in [0.25, 0.3) is 0 Å². The summed E-state index contributed by atoms with van der Waals surface area (Å²) in [6.45, 7) is 7.66. The van der Waals surface area contributed by atoms with E-state index >= 15 is 0 Å². The minimum atomic E-state index is 0.479. The second-order valence-electron chi connectivity index (χ2n) is 5.84. The quantitative estimate of drug-likeness (QED) is 0.834. The molecule has 1 aromatic carbocycles. The van der Waals surface area contributed by atoms with E-state index in [0.29, 0.717) is 6.04 Å². The van der Waals surface area contributed by atoms with E-state index in [1.807, 2.05) is 12.4 Å². The molecular formula is C19H26N2. The van der Waals surface area contributed by atoms with Crippen LogP contribution in [-0.4, -0.2) is 17.6 Å². The van der Waals surface area contributed by atoms with Crippen LogP contribution >= 0.6 is 0 Å². The van der Waals surface area contributed by atoms with Crippen molar-refractivity contribution in [3.63, 3.8) is 0 Å². The van der Waals surface area contributed by atoms with Gasteiger partial charge in [-0.1, -0.05) is 30.7 Å². The highest BCUT2D eigenvalue weighted by Crippen LogP contribution is 2.15. The van der Waals surface area contributed by atoms with Crippen LogP contribution in [0, 0.1) is 13.8 Å². The third-order valence-corrected chi connectivity index (χ3v) is 3.89. The van der Waals surface area contributed by atoms with Crippen LogP contribution in [0.3, 0.4) is 0 Å². The number of rotatable bonds is 7. The number of nitrogens with one attached hydrogen (secondary N) is 1. The van der Waals surface area contributed by atoms with E-state index in [-0.39, 0.29) is 0 Å². The number of nitrogens with zero attached hydrogens (tertiary/aromatic N) is 1. The fourth-order valence-electron chi connectivity index (χ4n) is 2.65. The van der Waals surface area contributed by atoms with Gasteiger partial charge in [-0.2, -0.15) is 0 Å². The van der Waals surface area contributed by atoms with Gasteiger partial charge in [-0.15, -0.1) is 0 Å². The van der Waals surface area contributed by atoms with Crippen molar-refractivity contribution in [3.8, 4) is 0 Å². The Labute approximate surface area is 128 Å². The van der Waals surface area contributed by atoms with E-state index in [9.17, 15) is 0 Å². The van der Waals surface area contributed by atoms with Crippen LogP contribution in [0.4, 0.5) is 0 Å². The van der Waals surface area contributed by atoms with E-state index in [0.717, 1.165) is 19.4 Å². The highest BCUT2D eigenvalue weighted by molar-refractivity contribution is 5.31. The molecule has 1 aromatic heterocycles. The van der Waals surface area contributed by atoms with E-state index < -0.39 is 0 Å². The zero-order chi connectivity index (χ0) is 15.1. The lowest BCUT2D eigenvalue weighted by Gasteiger charge is -2.20. The van der Waals surface area contributed by atoms with Crippen molar-refractivity contribution in [1.29, 1.82) is 0 Å². The maximum atomic E-state index is 4.10. The van der Waals surface area contributed by atoms with Gasteiger partial charge in [0.05, 0.1) is 0 Å². The van der Waals surface area contributed by atoms with Gasteiger partial charge in [-0.25, -0.2) is 0 Å². The van der Waals surface area contributed by atoms with E-state index in [2.05, 4.69) is 61.4 Å². The summed E-state index contributed by atoms with van der Waals surface area (Å²) in [5.41, 5.74) is 5.54. The summed E-state index contributed by atoms with van der Waals surface area (Å²) in [5.74, 6) is 0. The van der Waals surface area contributed by atoms with Gasteiger partial charge in [0, 0.05) is 18.4 Å². The van der Waals surface area contributed by atoms with E-state index in [1.54, 1.807) is 0 Å². The molecule has 2 heteroatoms. The Morgan fingerprint density at radius 3 is 2.52 bits per heavy atom. The largest absolute Gasteiger partial charge is 0.313 e. The molecule has 0 aliphatic heterocycles. The minimum absolute atomic E-state index is 0.479. The zero-order valence-corrected chi connectivity index (χ0v) is 13.4. The fraction of sp³-hybridized carbons (Fsp3) is 0.421. The summed E-state index contributed by atoms with van der Waals surface area (Å²) in [6.07, 6.45) is 7.06. The van der Waals surface area contributed by atoms with Crippen LogP contribution < -0.4 is 5.32 Å². The zero-order valence-electron chi connectivity index (χ0n) is 13.4. The standard InChI is InChI=1S/C19H26N2/c1-4-9-21-19(13-17-7-10-20-11-8-17)14-18-12-15(2)5-6-16(18)3/h5-8,10-12,19,21H,4,9,13-14H2,1-3H3. The Balaban J connectivity index is 2.10. The molecule has 2 rings (SSSR count). The van der Waals surface area contributed by atoms with Gasteiger partial charge in [-0.05, 0) is 68.5 Å². The van der Waals surface area contributed by atoms with Crippen LogP contribution in [0.2, 0.25) is 0 Å². The fourth-order valence-corrected chi connectivity index (χ4v) is 2.65. The summed E-state index contributed by atoms with van der Waals surface area (Å²) in [4.78, 5) is 4.10. The number of hydrogen-bond donors (Lipinski definition) is 1. The molecule has 0 saturated carbocycles. The number of pyridine rings is 1. The summed E-state index contributed by atoms with van der Waals surface area (Å²) in [5, 5.41) is 3.69. The third-order valence-electron chi connectivity index (χ3n) is 3.89. The first kappa shape index (κ1) is 15.7. The molecule has 0 fully saturated rings. The first-order chi connectivity index (χ1) is 10.2. The lowest BCUT2D eigenvalue weighted by atomic mass is 9.95. The van der Waals surface area contributed by atoms with Crippen molar-refractivity contribution in [3.05, 3.63) is 65.0 Å². The molecule has 0 saturated heterocycles. The maximum absolute atomic E-state index is 4.10. The molecule has 1 heterocycles. The van der Waals surface area contributed by atoms with Gasteiger partial charge in [0.25, 0.3) is 0 Å². The molecule has 0 aliphatic rings. The Kier molecular flexibility index (Phi) is 5.94. The summed E-state index contributed by atoms with van der Waals surface area (Å²) in [6, 6.07) is 11.5. The van der Waals surface area contributed by atoms with Crippen LogP contribution in [-0.2, 0) is 12.8 Å². The van der Waals surface area contributed by atoms with Gasteiger partial charge < -0.3 is 5.32 Å².